The molecule has 1 saturated heterocycles. The first-order valence-electron chi connectivity index (χ1n) is 13.1. The van der Waals surface area contributed by atoms with Gasteiger partial charge in [0.05, 0.1) is 17.0 Å². The molecule has 16 heteroatoms. The van der Waals surface area contributed by atoms with Crippen molar-refractivity contribution < 1.29 is 18.3 Å². The molecule has 0 radical (unpaired) electrons. The number of likely N-dealkylation sites (tertiary alicyclic amines) is 1. The number of benzene rings is 1. The molecular weight excluding hydrogens is 584 g/mol. The number of nitrogen functional groups attached to an aromatic ring is 2. The standard InChI is InChI=1S/C26H31ClN10O4S/c1-15(16-5-9-30-10-6-16)36-42(40,41)18-4-2-3-17(13-18)24(39)37-11-7-26(8-12-37)14-31-25(35-26)34-23(38)19-21(28)33-22(29)20(27)32-19/h2-6,9-10,13,15,24,36,39H,7-8,11-12,14H2,1H3,(H4,28,29,33)(H2,31,34,35,38). The normalized spacial score (nSPS) is 18.2. The first kappa shape index (κ1) is 29.6. The number of aliphatic hydroxyl groups excluding tert-OH is 1. The van der Waals surface area contributed by atoms with Gasteiger partial charge in [-0.05, 0) is 55.2 Å². The van der Waals surface area contributed by atoms with Crippen LogP contribution in [0.25, 0.3) is 0 Å². The second-order valence-electron chi connectivity index (χ2n) is 10.3. The Morgan fingerprint density at radius 2 is 1.83 bits per heavy atom. The smallest absolute Gasteiger partial charge is 0.280 e. The molecule has 1 amide bonds. The number of aliphatic hydroxyl groups is 1. The van der Waals surface area contributed by atoms with E-state index in [1.165, 1.54) is 12.1 Å². The van der Waals surface area contributed by atoms with Gasteiger partial charge < -0.3 is 21.9 Å². The summed E-state index contributed by atoms with van der Waals surface area (Å²) < 4.78 is 28.8. The first-order valence-corrected chi connectivity index (χ1v) is 15.0. The van der Waals surface area contributed by atoms with E-state index in [0.29, 0.717) is 38.0 Å². The minimum absolute atomic E-state index is 0.0624. The van der Waals surface area contributed by atoms with Gasteiger partial charge in [-0.15, -0.1) is 0 Å². The largest absolute Gasteiger partial charge is 0.382 e. The summed E-state index contributed by atoms with van der Waals surface area (Å²) in [7, 11) is -3.85. The fourth-order valence-corrected chi connectivity index (χ4v) is 6.37. The summed E-state index contributed by atoms with van der Waals surface area (Å²) in [4.78, 5) is 30.7. The number of hydrogen-bond donors (Lipinski definition) is 6. The fraction of sp³-hybridized carbons (Fsp3) is 0.346. The number of hydrogen-bond acceptors (Lipinski definition) is 12. The predicted octanol–water partition coefficient (Wildman–Crippen LogP) is 0.944. The molecule has 0 saturated carbocycles. The van der Waals surface area contributed by atoms with E-state index >= 15 is 0 Å². The average Bonchev–Trinajstić information content (AvgIpc) is 3.36. The van der Waals surface area contributed by atoms with Gasteiger partial charge in [-0.25, -0.2) is 23.1 Å². The third-order valence-electron chi connectivity index (χ3n) is 7.38. The predicted molar refractivity (Wildman–Crippen MR) is 157 cm³/mol. The van der Waals surface area contributed by atoms with Crippen LogP contribution in [0.5, 0.6) is 0 Å². The maximum absolute atomic E-state index is 13.1. The summed E-state index contributed by atoms with van der Waals surface area (Å²) in [5.41, 5.74) is 12.0. The second-order valence-corrected chi connectivity index (χ2v) is 12.3. The Labute approximate surface area is 247 Å². The molecule has 14 nitrogen and oxygen atoms in total. The lowest BCUT2D eigenvalue weighted by atomic mass is 9.88. The van der Waals surface area contributed by atoms with Crippen LogP contribution in [0.15, 0.2) is 58.7 Å². The zero-order chi connectivity index (χ0) is 30.1. The van der Waals surface area contributed by atoms with Crippen molar-refractivity contribution in [2.45, 2.75) is 42.5 Å². The molecule has 1 fully saturated rings. The molecule has 2 atom stereocenters. The molecule has 5 rings (SSSR count). The quantitative estimate of drug-likeness (QED) is 0.220. The van der Waals surface area contributed by atoms with Crippen molar-refractivity contribution >= 4 is 45.1 Å². The van der Waals surface area contributed by atoms with E-state index in [4.69, 9.17) is 23.1 Å². The zero-order valence-corrected chi connectivity index (χ0v) is 24.2. The molecule has 2 aromatic heterocycles. The van der Waals surface area contributed by atoms with Crippen molar-refractivity contribution in [1.29, 1.82) is 0 Å². The van der Waals surface area contributed by atoms with Crippen LogP contribution >= 0.6 is 11.6 Å². The highest BCUT2D eigenvalue weighted by molar-refractivity contribution is 7.89. The number of sulfonamides is 1. The van der Waals surface area contributed by atoms with E-state index in [1.54, 1.807) is 43.6 Å². The van der Waals surface area contributed by atoms with Crippen LogP contribution in [0.3, 0.4) is 0 Å². The Balaban J connectivity index is 1.18. The first-order chi connectivity index (χ1) is 20.0. The van der Waals surface area contributed by atoms with E-state index in [0.717, 1.165) is 5.56 Å². The number of nitrogens with one attached hydrogen (secondary N) is 3. The number of pyridine rings is 1. The highest BCUT2D eigenvalue weighted by Crippen LogP contribution is 2.31. The average molecular weight is 615 g/mol. The van der Waals surface area contributed by atoms with Gasteiger partial charge in [0.25, 0.3) is 5.91 Å². The topological polar surface area (TPSA) is 214 Å². The van der Waals surface area contributed by atoms with Crippen LogP contribution in [-0.2, 0) is 10.0 Å². The summed E-state index contributed by atoms with van der Waals surface area (Å²) in [5.74, 6) is -0.580. The maximum Gasteiger partial charge on any atom is 0.280 e. The van der Waals surface area contributed by atoms with Gasteiger partial charge in [0.2, 0.25) is 10.0 Å². The Morgan fingerprint density at radius 3 is 2.55 bits per heavy atom. The molecule has 2 aliphatic rings. The molecule has 0 aliphatic carbocycles. The number of halogens is 1. The van der Waals surface area contributed by atoms with Crippen molar-refractivity contribution in [1.82, 2.24) is 35.2 Å². The molecule has 3 aromatic rings. The number of aromatic nitrogens is 3. The van der Waals surface area contributed by atoms with Gasteiger partial charge in [0, 0.05) is 31.5 Å². The molecule has 2 unspecified atom stereocenters. The molecule has 222 valence electrons. The second kappa shape index (κ2) is 11.8. The number of rotatable bonds is 7. The van der Waals surface area contributed by atoms with Gasteiger partial charge in [-0.2, -0.15) is 0 Å². The van der Waals surface area contributed by atoms with Crippen LogP contribution < -0.4 is 26.8 Å². The minimum Gasteiger partial charge on any atom is -0.382 e. The van der Waals surface area contributed by atoms with Crippen molar-refractivity contribution in [3.8, 4) is 0 Å². The molecule has 8 N–H and O–H groups in total. The molecular formula is C26H31ClN10O4S. The molecule has 0 bridgehead atoms. The van der Waals surface area contributed by atoms with Crippen LogP contribution in [0, 0.1) is 0 Å². The lowest BCUT2D eigenvalue weighted by Crippen LogP contribution is -2.56. The third-order valence-corrected chi connectivity index (χ3v) is 9.20. The maximum atomic E-state index is 13.1. The number of carbonyl (C=O) groups excluding carboxylic acids is 1. The van der Waals surface area contributed by atoms with Crippen LogP contribution in [-0.4, -0.2) is 70.4 Å². The fourth-order valence-electron chi connectivity index (χ4n) is 4.96. The summed E-state index contributed by atoms with van der Waals surface area (Å²) in [6.07, 6.45) is 3.44. The monoisotopic (exact) mass is 614 g/mol. The zero-order valence-electron chi connectivity index (χ0n) is 22.7. The Kier molecular flexibility index (Phi) is 8.30. The molecule has 1 aromatic carbocycles. The van der Waals surface area contributed by atoms with Crippen molar-refractivity contribution in [3.63, 3.8) is 0 Å². The Morgan fingerprint density at radius 1 is 1.12 bits per heavy atom. The van der Waals surface area contributed by atoms with Crippen molar-refractivity contribution in [3.05, 3.63) is 70.8 Å². The van der Waals surface area contributed by atoms with Gasteiger partial charge in [-0.3, -0.25) is 25.0 Å². The number of nitrogens with two attached hydrogens (primary N) is 2. The van der Waals surface area contributed by atoms with E-state index in [2.05, 4.69) is 35.3 Å². The highest BCUT2D eigenvalue weighted by atomic mass is 35.5. The molecule has 2 aliphatic heterocycles. The highest BCUT2D eigenvalue weighted by Gasteiger charge is 2.40. The number of guanidine groups is 1. The number of carbonyl (C=O) groups is 1. The SMILES string of the molecule is CC(NS(=O)(=O)c1cccc(C(O)N2CCC3(CC2)CN=C(NC(=O)c2nc(Cl)c(N)nc2N)N3)c1)c1ccncc1. The molecule has 1 spiro atoms. The van der Waals surface area contributed by atoms with Gasteiger partial charge in [-0.1, -0.05) is 23.7 Å². The minimum atomic E-state index is -3.85. The number of aliphatic imine (C=N–C) groups is 1. The van der Waals surface area contributed by atoms with Gasteiger partial charge >= 0.3 is 0 Å². The van der Waals surface area contributed by atoms with Crippen LogP contribution in [0.2, 0.25) is 5.15 Å². The lowest BCUT2D eigenvalue weighted by molar-refractivity contribution is -0.0233. The van der Waals surface area contributed by atoms with E-state index < -0.39 is 33.7 Å². The van der Waals surface area contributed by atoms with E-state index in [1.807, 2.05) is 4.90 Å². The van der Waals surface area contributed by atoms with Gasteiger partial charge in [0.15, 0.2) is 28.4 Å². The van der Waals surface area contributed by atoms with E-state index in [9.17, 15) is 18.3 Å². The van der Waals surface area contributed by atoms with E-state index in [-0.39, 0.29) is 33.3 Å². The van der Waals surface area contributed by atoms with Crippen molar-refractivity contribution in [2.75, 3.05) is 31.1 Å². The summed E-state index contributed by atoms with van der Waals surface area (Å²) in [5, 5.41) is 16.9. The summed E-state index contributed by atoms with van der Waals surface area (Å²) >= 11 is 5.88. The summed E-state index contributed by atoms with van der Waals surface area (Å²) in [6, 6.07) is 9.33. The number of nitrogens with zero attached hydrogens (tertiary/aromatic N) is 5. The lowest BCUT2D eigenvalue weighted by Gasteiger charge is -2.41. The Bertz CT molecular complexity index is 1610. The van der Waals surface area contributed by atoms with Crippen LogP contribution in [0.1, 0.15) is 53.7 Å². The number of amides is 1. The molecule has 4 heterocycles. The molecule has 42 heavy (non-hydrogen) atoms. The van der Waals surface area contributed by atoms with Crippen molar-refractivity contribution in [2.24, 2.45) is 4.99 Å². The number of piperidine rings is 1. The number of anilines is 2. The van der Waals surface area contributed by atoms with Gasteiger partial charge in [0.1, 0.15) is 6.23 Å². The Hall–Kier alpha value is -3.89. The summed E-state index contributed by atoms with van der Waals surface area (Å²) in [6.45, 7) is 3.19. The third kappa shape index (κ3) is 6.29. The van der Waals surface area contributed by atoms with Crippen LogP contribution in [0.4, 0.5) is 11.6 Å².